The van der Waals surface area contributed by atoms with Gasteiger partial charge in [-0.05, 0) is 63.4 Å². The second-order valence-electron chi connectivity index (χ2n) is 10.1. The molecule has 9 heteroatoms. The number of halogens is 1. The van der Waals surface area contributed by atoms with Gasteiger partial charge in [-0.15, -0.1) is 0 Å². The average Bonchev–Trinajstić information content (AvgIpc) is 3.58. The van der Waals surface area contributed by atoms with Crippen LogP contribution in [0.3, 0.4) is 0 Å². The van der Waals surface area contributed by atoms with E-state index in [9.17, 15) is 14.0 Å². The third-order valence-electron chi connectivity index (χ3n) is 6.11. The van der Waals surface area contributed by atoms with E-state index in [2.05, 4.69) is 50.3 Å². The zero-order valence-corrected chi connectivity index (χ0v) is 24.8. The lowest BCUT2D eigenvalue weighted by Crippen LogP contribution is -2.27. The van der Waals surface area contributed by atoms with Crippen molar-refractivity contribution < 1.29 is 14.0 Å². The first-order valence-electron chi connectivity index (χ1n) is 13.7. The van der Waals surface area contributed by atoms with E-state index in [1.54, 1.807) is 29.8 Å². The van der Waals surface area contributed by atoms with Crippen LogP contribution < -0.4 is 16.0 Å². The zero-order valence-electron chi connectivity index (χ0n) is 24.8. The Hall–Kier alpha value is -4.01. The molecule has 3 aromatic rings. The molecule has 0 radical (unpaired) electrons. The van der Waals surface area contributed by atoms with Crippen LogP contribution in [0.5, 0.6) is 0 Å². The number of hydrogen-bond acceptors (Lipinski definition) is 6. The zero-order chi connectivity index (χ0) is 29.7. The molecule has 1 amide bonds. The number of nitrogens with zero attached hydrogens (tertiary/aromatic N) is 3. The third-order valence-corrected chi connectivity index (χ3v) is 6.11. The number of aryl methyl sites for hydroxylation is 1. The Kier molecular flexibility index (Phi) is 12.5. The standard InChI is InChI=1S/C17H20FN3O2.C12H17N3.C2H6/c1-11-14(10-22)20-21(17(2,3)4)16(11)19-15(23)9-12-7-5-6-8-13(12)18;1-13-11-5-2-10(3-6-11)4-7-12-14-8-9-15-12;1-2/h5-8,10H,9H2,1-4H3,(H,19,23);2-3,5-6,13H,4,7-9H2,1H3,(H,14,15);1-2H3. The molecule has 1 aliphatic rings. The molecular weight excluding hydrogens is 507 g/mol. The van der Waals surface area contributed by atoms with Gasteiger partial charge in [0.2, 0.25) is 5.91 Å². The van der Waals surface area contributed by atoms with E-state index >= 15 is 0 Å². The molecule has 0 bridgehead atoms. The number of nitrogens with one attached hydrogen (secondary N) is 3. The van der Waals surface area contributed by atoms with Crippen LogP contribution in [0.1, 0.15) is 68.2 Å². The Balaban J connectivity index is 0.000000284. The fraction of sp³-hybridized carbons (Fsp3) is 0.419. The third kappa shape index (κ3) is 9.32. The summed E-state index contributed by atoms with van der Waals surface area (Å²) in [6.07, 6.45) is 2.66. The second-order valence-corrected chi connectivity index (χ2v) is 10.1. The van der Waals surface area contributed by atoms with E-state index in [0.717, 1.165) is 37.5 Å². The average molecular weight is 551 g/mol. The molecule has 40 heavy (non-hydrogen) atoms. The molecule has 1 aromatic heterocycles. The van der Waals surface area contributed by atoms with E-state index in [-0.39, 0.29) is 18.0 Å². The first-order valence-corrected chi connectivity index (χ1v) is 13.7. The molecule has 2 aromatic carbocycles. The number of amides is 1. The van der Waals surface area contributed by atoms with Gasteiger partial charge in [-0.2, -0.15) is 5.10 Å². The quantitative estimate of drug-likeness (QED) is 0.309. The van der Waals surface area contributed by atoms with Crippen LogP contribution in [-0.4, -0.2) is 47.9 Å². The smallest absolute Gasteiger partial charge is 0.230 e. The summed E-state index contributed by atoms with van der Waals surface area (Å²) in [5, 5.41) is 13.4. The van der Waals surface area contributed by atoms with Crippen LogP contribution in [-0.2, 0) is 23.2 Å². The predicted octanol–water partition coefficient (Wildman–Crippen LogP) is 5.77. The highest BCUT2D eigenvalue weighted by Gasteiger charge is 2.24. The van der Waals surface area contributed by atoms with Gasteiger partial charge in [0.1, 0.15) is 17.3 Å². The van der Waals surface area contributed by atoms with Crippen molar-refractivity contribution in [2.75, 3.05) is 30.8 Å². The van der Waals surface area contributed by atoms with E-state index in [0.29, 0.717) is 23.2 Å². The molecule has 0 saturated heterocycles. The van der Waals surface area contributed by atoms with Crippen molar-refractivity contribution in [3.05, 3.63) is 76.7 Å². The molecule has 0 saturated carbocycles. The Morgan fingerprint density at radius 3 is 2.33 bits per heavy atom. The number of carbonyl (C=O) groups excluding carboxylic acids is 2. The van der Waals surface area contributed by atoms with Crippen LogP contribution in [0.15, 0.2) is 53.5 Å². The van der Waals surface area contributed by atoms with Crippen molar-refractivity contribution in [3.63, 3.8) is 0 Å². The van der Waals surface area contributed by atoms with Crippen molar-refractivity contribution in [3.8, 4) is 0 Å². The summed E-state index contributed by atoms with van der Waals surface area (Å²) in [6, 6.07) is 14.7. The van der Waals surface area contributed by atoms with Crippen LogP contribution >= 0.6 is 0 Å². The molecule has 8 nitrogen and oxygen atoms in total. The molecule has 4 rings (SSSR count). The monoisotopic (exact) mass is 550 g/mol. The fourth-order valence-electron chi connectivity index (χ4n) is 3.96. The topological polar surface area (TPSA) is 100 Å². The molecular formula is C31H43FN6O2. The first-order chi connectivity index (χ1) is 19.1. The predicted molar refractivity (Wildman–Crippen MR) is 162 cm³/mol. The Bertz CT molecular complexity index is 1280. The van der Waals surface area contributed by atoms with Crippen LogP contribution in [0, 0.1) is 12.7 Å². The summed E-state index contributed by atoms with van der Waals surface area (Å²) < 4.78 is 15.3. The maximum Gasteiger partial charge on any atom is 0.230 e. The highest BCUT2D eigenvalue weighted by atomic mass is 19.1. The van der Waals surface area contributed by atoms with Crippen molar-refractivity contribution >= 4 is 29.5 Å². The highest BCUT2D eigenvalue weighted by Crippen LogP contribution is 2.25. The summed E-state index contributed by atoms with van der Waals surface area (Å²) in [7, 11) is 1.94. The molecule has 0 atom stereocenters. The Labute approximate surface area is 237 Å². The Morgan fingerprint density at radius 1 is 1.10 bits per heavy atom. The SMILES string of the molecule is CC.CNc1ccc(CCC2=NCCN2)cc1.Cc1c(C=O)nn(C(C)(C)C)c1NC(=O)Cc1ccccc1F. The largest absolute Gasteiger partial charge is 0.388 e. The highest BCUT2D eigenvalue weighted by molar-refractivity contribution is 5.93. The summed E-state index contributed by atoms with van der Waals surface area (Å²) in [5.74, 6) is 0.840. The number of anilines is 2. The molecule has 0 spiro atoms. The number of carbonyl (C=O) groups is 2. The van der Waals surface area contributed by atoms with Crippen LogP contribution in [0.4, 0.5) is 15.9 Å². The molecule has 0 unspecified atom stereocenters. The molecule has 2 heterocycles. The van der Waals surface area contributed by atoms with Gasteiger partial charge in [-0.25, -0.2) is 9.07 Å². The number of aromatic nitrogens is 2. The van der Waals surface area contributed by atoms with Gasteiger partial charge in [0.05, 0.1) is 24.3 Å². The lowest BCUT2D eigenvalue weighted by atomic mass is 10.1. The number of amidine groups is 1. The lowest BCUT2D eigenvalue weighted by molar-refractivity contribution is -0.115. The van der Waals surface area contributed by atoms with Gasteiger partial charge in [0.25, 0.3) is 0 Å². The van der Waals surface area contributed by atoms with Crippen LogP contribution in [0.25, 0.3) is 0 Å². The minimum absolute atomic E-state index is 0.0855. The van der Waals surface area contributed by atoms with Crippen molar-refractivity contribution in [2.45, 2.75) is 66.3 Å². The van der Waals surface area contributed by atoms with Crippen molar-refractivity contribution in [2.24, 2.45) is 4.99 Å². The van der Waals surface area contributed by atoms with Gasteiger partial charge >= 0.3 is 0 Å². The fourth-order valence-corrected chi connectivity index (χ4v) is 3.96. The molecule has 0 aliphatic carbocycles. The molecule has 216 valence electrons. The van der Waals surface area contributed by atoms with Crippen LogP contribution in [0.2, 0.25) is 0 Å². The maximum atomic E-state index is 13.7. The van der Waals surface area contributed by atoms with Gasteiger partial charge in [0.15, 0.2) is 6.29 Å². The van der Waals surface area contributed by atoms with E-state index < -0.39 is 11.4 Å². The van der Waals surface area contributed by atoms with E-state index in [1.807, 2.05) is 41.7 Å². The molecule has 0 fully saturated rings. The lowest BCUT2D eigenvalue weighted by Gasteiger charge is -2.22. The maximum absolute atomic E-state index is 13.7. The van der Waals surface area contributed by atoms with Gasteiger partial charge < -0.3 is 16.0 Å². The number of hydrogen-bond donors (Lipinski definition) is 3. The minimum Gasteiger partial charge on any atom is -0.388 e. The second kappa shape index (κ2) is 15.5. The number of aliphatic imine (C=N–C) groups is 1. The van der Waals surface area contributed by atoms with E-state index in [1.165, 1.54) is 11.6 Å². The number of aldehydes is 1. The summed E-state index contributed by atoms with van der Waals surface area (Å²) in [5.41, 5.74) is 3.31. The van der Waals surface area contributed by atoms with Gasteiger partial charge in [0, 0.05) is 31.3 Å². The minimum atomic E-state index is -0.419. The van der Waals surface area contributed by atoms with Crippen molar-refractivity contribution in [1.29, 1.82) is 0 Å². The first kappa shape index (κ1) is 32.2. The Morgan fingerprint density at radius 2 is 1.77 bits per heavy atom. The summed E-state index contributed by atoms with van der Waals surface area (Å²) in [4.78, 5) is 27.7. The molecule has 3 N–H and O–H groups in total. The van der Waals surface area contributed by atoms with Gasteiger partial charge in [-0.3, -0.25) is 14.6 Å². The number of rotatable bonds is 8. The molecule has 1 aliphatic heterocycles. The summed E-state index contributed by atoms with van der Waals surface area (Å²) in [6.45, 7) is 13.4. The van der Waals surface area contributed by atoms with E-state index in [4.69, 9.17) is 0 Å². The number of benzene rings is 2. The normalized spacial score (nSPS) is 12.2. The van der Waals surface area contributed by atoms with Crippen molar-refractivity contribution in [1.82, 2.24) is 15.1 Å². The summed E-state index contributed by atoms with van der Waals surface area (Å²) >= 11 is 0. The van der Waals surface area contributed by atoms with Gasteiger partial charge in [-0.1, -0.05) is 44.2 Å².